The molecule has 0 aliphatic carbocycles. The number of sulfonamides is 1. The van der Waals surface area contributed by atoms with Crippen molar-refractivity contribution in [2.24, 2.45) is 0 Å². The second-order valence-electron chi connectivity index (χ2n) is 5.57. The number of rotatable bonds is 4. The molecule has 19 heavy (non-hydrogen) atoms. The predicted octanol–water partition coefficient (Wildman–Crippen LogP) is 3.32. The molecule has 1 aromatic rings. The molecule has 0 saturated heterocycles. The first-order valence-electron chi connectivity index (χ1n) is 5.98. The highest BCUT2D eigenvalue weighted by molar-refractivity contribution is 7.89. The van der Waals surface area contributed by atoms with Crippen LogP contribution in [0.15, 0.2) is 34.7 Å². The zero-order chi connectivity index (χ0) is 14.8. The van der Waals surface area contributed by atoms with E-state index in [-0.39, 0.29) is 21.9 Å². The molecule has 0 amide bonds. The molecule has 1 N–H and O–H groups in total. The number of hydrogen-bond acceptors (Lipinski definition) is 2. The van der Waals surface area contributed by atoms with E-state index in [1.165, 1.54) is 0 Å². The van der Waals surface area contributed by atoms with E-state index in [2.05, 4.69) is 11.3 Å². The summed E-state index contributed by atoms with van der Waals surface area (Å²) < 4.78 is 26.9. The summed E-state index contributed by atoms with van der Waals surface area (Å²) in [5.74, 6) is 0. The van der Waals surface area contributed by atoms with Gasteiger partial charge in [0.25, 0.3) is 0 Å². The quantitative estimate of drug-likeness (QED) is 0.927. The lowest BCUT2D eigenvalue weighted by molar-refractivity contribution is 0.577. The standard InChI is InChI=1S/C14H20ClNO2S/c1-10-6-7-12(14(3,4)5)8-13(10)19(17,18)16-9-11(2)15/h6-8,16H,2,9H2,1,3-5H3. The first kappa shape index (κ1) is 16.2. The number of nitrogens with one attached hydrogen (secondary N) is 1. The molecule has 0 fully saturated rings. The molecule has 0 unspecified atom stereocenters. The van der Waals surface area contributed by atoms with Crippen LogP contribution in [0, 0.1) is 6.92 Å². The van der Waals surface area contributed by atoms with Crippen molar-refractivity contribution in [2.45, 2.75) is 38.0 Å². The van der Waals surface area contributed by atoms with Gasteiger partial charge in [-0.3, -0.25) is 0 Å². The molecule has 0 atom stereocenters. The summed E-state index contributed by atoms with van der Waals surface area (Å²) in [6.45, 7) is 11.4. The van der Waals surface area contributed by atoms with Crippen molar-refractivity contribution in [3.63, 3.8) is 0 Å². The van der Waals surface area contributed by atoms with Gasteiger partial charge in [-0.25, -0.2) is 13.1 Å². The zero-order valence-corrected chi connectivity index (χ0v) is 13.3. The second kappa shape index (κ2) is 5.65. The molecule has 5 heteroatoms. The molecule has 0 heterocycles. The third kappa shape index (κ3) is 4.34. The van der Waals surface area contributed by atoms with Gasteiger partial charge in [0.1, 0.15) is 0 Å². The van der Waals surface area contributed by atoms with E-state index in [0.29, 0.717) is 5.56 Å². The summed E-state index contributed by atoms with van der Waals surface area (Å²) >= 11 is 5.59. The molecule has 0 bridgehead atoms. The Labute approximate surface area is 120 Å². The molecule has 1 aromatic carbocycles. The van der Waals surface area contributed by atoms with Crippen LogP contribution in [0.1, 0.15) is 31.9 Å². The maximum atomic E-state index is 12.2. The van der Waals surface area contributed by atoms with E-state index in [1.807, 2.05) is 32.9 Å². The summed E-state index contributed by atoms with van der Waals surface area (Å²) in [7, 11) is -3.56. The summed E-state index contributed by atoms with van der Waals surface area (Å²) in [5.41, 5.74) is 1.58. The van der Waals surface area contributed by atoms with Crippen molar-refractivity contribution in [3.8, 4) is 0 Å². The van der Waals surface area contributed by atoms with Gasteiger partial charge in [0.15, 0.2) is 0 Å². The number of aryl methyl sites for hydroxylation is 1. The van der Waals surface area contributed by atoms with Gasteiger partial charge in [0.2, 0.25) is 10.0 Å². The summed E-state index contributed by atoms with van der Waals surface area (Å²) in [6, 6.07) is 5.49. The van der Waals surface area contributed by atoms with Crippen molar-refractivity contribution in [3.05, 3.63) is 40.9 Å². The Kier molecular flexibility index (Phi) is 4.82. The van der Waals surface area contributed by atoms with Crippen LogP contribution in [0.2, 0.25) is 0 Å². The average molecular weight is 302 g/mol. The van der Waals surface area contributed by atoms with Crippen molar-refractivity contribution in [2.75, 3.05) is 6.54 Å². The molecule has 0 radical (unpaired) electrons. The van der Waals surface area contributed by atoms with Gasteiger partial charge in [-0.2, -0.15) is 0 Å². The maximum Gasteiger partial charge on any atom is 0.241 e. The molecular weight excluding hydrogens is 282 g/mol. The van der Waals surface area contributed by atoms with Crippen molar-refractivity contribution in [1.82, 2.24) is 4.72 Å². The molecule has 0 aromatic heterocycles. The number of benzene rings is 1. The van der Waals surface area contributed by atoms with E-state index in [1.54, 1.807) is 13.0 Å². The molecule has 0 spiro atoms. The van der Waals surface area contributed by atoms with Crippen LogP contribution in [0.4, 0.5) is 0 Å². The molecule has 0 aliphatic heterocycles. The largest absolute Gasteiger partial charge is 0.241 e. The van der Waals surface area contributed by atoms with Crippen molar-refractivity contribution >= 4 is 21.6 Å². The third-order valence-electron chi connectivity index (χ3n) is 2.80. The first-order valence-corrected chi connectivity index (χ1v) is 7.84. The van der Waals surface area contributed by atoms with Gasteiger partial charge in [0, 0.05) is 11.6 Å². The van der Waals surface area contributed by atoms with E-state index < -0.39 is 10.0 Å². The van der Waals surface area contributed by atoms with Gasteiger partial charge >= 0.3 is 0 Å². The van der Waals surface area contributed by atoms with Crippen LogP contribution < -0.4 is 4.72 Å². The van der Waals surface area contributed by atoms with Crippen LogP contribution in [0.3, 0.4) is 0 Å². The monoisotopic (exact) mass is 301 g/mol. The van der Waals surface area contributed by atoms with Crippen LogP contribution >= 0.6 is 11.6 Å². The van der Waals surface area contributed by atoms with Gasteiger partial charge in [-0.1, -0.05) is 51.1 Å². The molecule has 1 rings (SSSR count). The van der Waals surface area contributed by atoms with Crippen LogP contribution in [-0.2, 0) is 15.4 Å². The van der Waals surface area contributed by atoms with Crippen molar-refractivity contribution < 1.29 is 8.42 Å². The Morgan fingerprint density at radius 1 is 1.37 bits per heavy atom. The minimum atomic E-state index is -3.56. The SMILES string of the molecule is C=C(Cl)CNS(=O)(=O)c1cc(C(C)(C)C)ccc1C. The molecule has 106 valence electrons. The first-order chi connectivity index (χ1) is 8.54. The van der Waals surface area contributed by atoms with E-state index in [0.717, 1.165) is 5.56 Å². The summed E-state index contributed by atoms with van der Waals surface area (Å²) in [5, 5.41) is 0.258. The predicted molar refractivity (Wildman–Crippen MR) is 80.1 cm³/mol. The van der Waals surface area contributed by atoms with Gasteiger partial charge in [-0.05, 0) is 29.5 Å². The number of halogens is 1. The van der Waals surface area contributed by atoms with Crippen LogP contribution in [-0.4, -0.2) is 15.0 Å². The van der Waals surface area contributed by atoms with E-state index in [4.69, 9.17) is 11.6 Å². The zero-order valence-electron chi connectivity index (χ0n) is 11.7. The van der Waals surface area contributed by atoms with E-state index >= 15 is 0 Å². The highest BCUT2D eigenvalue weighted by Crippen LogP contribution is 2.26. The van der Waals surface area contributed by atoms with Gasteiger partial charge < -0.3 is 0 Å². The van der Waals surface area contributed by atoms with Crippen molar-refractivity contribution in [1.29, 1.82) is 0 Å². The lowest BCUT2D eigenvalue weighted by Crippen LogP contribution is -2.26. The molecule has 3 nitrogen and oxygen atoms in total. The fraction of sp³-hybridized carbons (Fsp3) is 0.429. The normalized spacial score (nSPS) is 12.5. The van der Waals surface area contributed by atoms with Gasteiger partial charge in [0.05, 0.1) is 4.90 Å². The minimum Gasteiger partial charge on any atom is -0.207 e. The molecular formula is C14H20ClNO2S. The highest BCUT2D eigenvalue weighted by Gasteiger charge is 2.21. The highest BCUT2D eigenvalue weighted by atomic mass is 35.5. The average Bonchev–Trinajstić information content (AvgIpc) is 2.25. The lowest BCUT2D eigenvalue weighted by Gasteiger charge is -2.20. The maximum absolute atomic E-state index is 12.2. The smallest absolute Gasteiger partial charge is 0.207 e. The second-order valence-corrected chi connectivity index (χ2v) is 7.84. The van der Waals surface area contributed by atoms with E-state index in [9.17, 15) is 8.42 Å². The Morgan fingerprint density at radius 3 is 2.42 bits per heavy atom. The molecule has 0 saturated carbocycles. The van der Waals surface area contributed by atoms with Crippen LogP contribution in [0.5, 0.6) is 0 Å². The fourth-order valence-corrected chi connectivity index (χ4v) is 3.05. The number of hydrogen-bond donors (Lipinski definition) is 1. The summed E-state index contributed by atoms with van der Waals surface area (Å²) in [6.07, 6.45) is 0. The Hall–Kier alpha value is -0.840. The Balaban J connectivity index is 3.22. The Bertz CT molecular complexity index is 586. The Morgan fingerprint density at radius 2 is 1.95 bits per heavy atom. The van der Waals surface area contributed by atoms with Crippen LogP contribution in [0.25, 0.3) is 0 Å². The lowest BCUT2D eigenvalue weighted by atomic mass is 9.87. The molecule has 0 aliphatic rings. The topological polar surface area (TPSA) is 46.2 Å². The third-order valence-corrected chi connectivity index (χ3v) is 4.47. The minimum absolute atomic E-state index is 0.0308. The summed E-state index contributed by atoms with van der Waals surface area (Å²) in [4.78, 5) is 0.290. The van der Waals surface area contributed by atoms with Gasteiger partial charge in [-0.15, -0.1) is 0 Å². The fourth-order valence-electron chi connectivity index (χ4n) is 1.61.